The number of nitrogens with one attached hydrogen (secondary N) is 2. The summed E-state index contributed by atoms with van der Waals surface area (Å²) in [6.07, 6.45) is -0.342. The molecule has 0 spiro atoms. The molecule has 0 saturated carbocycles. The molecule has 0 atom stereocenters. The van der Waals surface area contributed by atoms with Gasteiger partial charge in [0.05, 0.1) is 5.69 Å². The van der Waals surface area contributed by atoms with Crippen molar-refractivity contribution in [2.75, 3.05) is 11.9 Å². The number of anilines is 1. The lowest BCUT2D eigenvalue weighted by atomic mass is 10.1. The molecule has 1 aromatic carbocycles. The Morgan fingerprint density at radius 2 is 1.77 bits per heavy atom. The van der Waals surface area contributed by atoms with Gasteiger partial charge >= 0.3 is 6.09 Å². The zero-order valence-electron chi connectivity index (χ0n) is 13.7. The van der Waals surface area contributed by atoms with Gasteiger partial charge in [-0.05, 0) is 73.8 Å². The Bertz CT molecular complexity index is 565. The van der Waals surface area contributed by atoms with Crippen molar-refractivity contribution in [3.05, 3.63) is 27.7 Å². The predicted octanol–water partition coefficient (Wildman–Crippen LogP) is 3.92. The molecule has 1 rings (SSSR count). The fourth-order valence-electron chi connectivity index (χ4n) is 1.68. The van der Waals surface area contributed by atoms with E-state index in [-0.39, 0.29) is 18.9 Å². The number of hydrogen-bond acceptors (Lipinski definition) is 3. The van der Waals surface area contributed by atoms with Crippen LogP contribution in [0.3, 0.4) is 0 Å². The molecule has 6 heteroatoms. The fourth-order valence-corrected chi connectivity index (χ4v) is 2.24. The number of rotatable bonds is 4. The van der Waals surface area contributed by atoms with E-state index in [1.807, 2.05) is 26.0 Å². The standard InChI is InChI=1S/C16H23BrN2O3/c1-10-8-12(17)13(9-11(10)2)19-14(20)6-7-18-15(21)22-16(3,4)5/h8-9H,6-7H2,1-5H3,(H,18,21)(H,19,20). The third-order valence-electron chi connectivity index (χ3n) is 2.88. The SMILES string of the molecule is Cc1cc(Br)c(NC(=O)CCNC(=O)OC(C)(C)C)cc1C. The van der Waals surface area contributed by atoms with Crippen molar-refractivity contribution >= 4 is 33.6 Å². The second kappa shape index (κ2) is 7.63. The summed E-state index contributed by atoms with van der Waals surface area (Å²) in [4.78, 5) is 23.4. The minimum atomic E-state index is -0.545. The number of alkyl carbamates (subject to hydrolysis) is 1. The number of amides is 2. The van der Waals surface area contributed by atoms with E-state index in [4.69, 9.17) is 4.74 Å². The summed E-state index contributed by atoms with van der Waals surface area (Å²) in [5.74, 6) is -0.167. The van der Waals surface area contributed by atoms with Gasteiger partial charge in [0.15, 0.2) is 0 Å². The normalized spacial score (nSPS) is 11.0. The molecule has 0 unspecified atom stereocenters. The largest absolute Gasteiger partial charge is 0.444 e. The van der Waals surface area contributed by atoms with E-state index in [0.29, 0.717) is 0 Å². The first-order chi connectivity index (χ1) is 10.1. The second-order valence-electron chi connectivity index (χ2n) is 6.14. The summed E-state index contributed by atoms with van der Waals surface area (Å²) in [7, 11) is 0. The quantitative estimate of drug-likeness (QED) is 0.843. The van der Waals surface area contributed by atoms with Crippen LogP contribution < -0.4 is 10.6 Å². The maximum atomic E-state index is 11.9. The molecule has 122 valence electrons. The third kappa shape index (κ3) is 6.47. The van der Waals surface area contributed by atoms with Crippen LogP contribution in [0.5, 0.6) is 0 Å². The van der Waals surface area contributed by atoms with Crippen LogP contribution in [0.25, 0.3) is 0 Å². The van der Waals surface area contributed by atoms with Crippen molar-refractivity contribution in [2.45, 2.75) is 46.6 Å². The molecule has 0 radical (unpaired) electrons. The fraction of sp³-hybridized carbons (Fsp3) is 0.500. The second-order valence-corrected chi connectivity index (χ2v) is 7.00. The van der Waals surface area contributed by atoms with Crippen molar-refractivity contribution < 1.29 is 14.3 Å². The van der Waals surface area contributed by atoms with E-state index in [9.17, 15) is 9.59 Å². The number of hydrogen-bond donors (Lipinski definition) is 2. The minimum absolute atomic E-state index is 0.167. The lowest BCUT2D eigenvalue weighted by molar-refractivity contribution is -0.116. The van der Waals surface area contributed by atoms with E-state index in [1.165, 1.54) is 0 Å². The van der Waals surface area contributed by atoms with Gasteiger partial charge in [0.2, 0.25) is 5.91 Å². The first kappa shape index (κ1) is 18.5. The zero-order chi connectivity index (χ0) is 16.9. The number of ether oxygens (including phenoxy) is 1. The van der Waals surface area contributed by atoms with Gasteiger partial charge in [0, 0.05) is 17.4 Å². The summed E-state index contributed by atoms with van der Waals surface area (Å²) in [6, 6.07) is 3.88. The molecule has 0 aliphatic carbocycles. The Kier molecular flexibility index (Phi) is 6.41. The van der Waals surface area contributed by atoms with Crippen LogP contribution in [0, 0.1) is 13.8 Å². The molecular weight excluding hydrogens is 348 g/mol. The molecule has 2 amide bonds. The van der Waals surface area contributed by atoms with Crippen molar-refractivity contribution in [1.82, 2.24) is 5.32 Å². The Balaban J connectivity index is 2.45. The highest BCUT2D eigenvalue weighted by molar-refractivity contribution is 9.10. The van der Waals surface area contributed by atoms with Gasteiger partial charge in [-0.25, -0.2) is 4.79 Å². The summed E-state index contributed by atoms with van der Waals surface area (Å²) >= 11 is 3.43. The van der Waals surface area contributed by atoms with Crippen LogP contribution >= 0.6 is 15.9 Å². The Labute approximate surface area is 139 Å². The number of benzene rings is 1. The van der Waals surface area contributed by atoms with Crippen molar-refractivity contribution in [3.63, 3.8) is 0 Å². The average molecular weight is 371 g/mol. The van der Waals surface area contributed by atoms with E-state index in [0.717, 1.165) is 21.3 Å². The molecule has 1 aromatic rings. The van der Waals surface area contributed by atoms with Gasteiger partial charge in [-0.2, -0.15) is 0 Å². The maximum Gasteiger partial charge on any atom is 0.407 e. The lowest BCUT2D eigenvalue weighted by Crippen LogP contribution is -2.34. The highest BCUT2D eigenvalue weighted by Gasteiger charge is 2.16. The Morgan fingerprint density at radius 1 is 1.18 bits per heavy atom. The molecule has 2 N–H and O–H groups in total. The van der Waals surface area contributed by atoms with Crippen LogP contribution in [-0.4, -0.2) is 24.1 Å². The monoisotopic (exact) mass is 370 g/mol. The first-order valence-corrected chi connectivity index (χ1v) is 7.91. The highest BCUT2D eigenvalue weighted by atomic mass is 79.9. The van der Waals surface area contributed by atoms with Gasteiger partial charge in [0.1, 0.15) is 5.60 Å². The number of aryl methyl sites for hydroxylation is 2. The number of carbonyl (C=O) groups is 2. The molecule has 5 nitrogen and oxygen atoms in total. The summed E-state index contributed by atoms with van der Waals surface area (Å²) < 4.78 is 5.93. The first-order valence-electron chi connectivity index (χ1n) is 7.12. The predicted molar refractivity (Wildman–Crippen MR) is 91.1 cm³/mol. The highest BCUT2D eigenvalue weighted by Crippen LogP contribution is 2.26. The Hall–Kier alpha value is -1.56. The van der Waals surface area contributed by atoms with Gasteiger partial charge in [-0.3, -0.25) is 4.79 Å². The minimum Gasteiger partial charge on any atom is -0.444 e. The zero-order valence-corrected chi connectivity index (χ0v) is 15.3. The number of halogens is 1. The summed E-state index contributed by atoms with van der Waals surface area (Å²) in [5.41, 5.74) is 2.43. The van der Waals surface area contributed by atoms with Crippen LogP contribution in [0.4, 0.5) is 10.5 Å². The third-order valence-corrected chi connectivity index (χ3v) is 3.53. The average Bonchev–Trinajstić information content (AvgIpc) is 2.33. The van der Waals surface area contributed by atoms with Crippen molar-refractivity contribution in [3.8, 4) is 0 Å². The van der Waals surface area contributed by atoms with E-state index < -0.39 is 11.7 Å². The maximum absolute atomic E-state index is 11.9. The van der Waals surface area contributed by atoms with E-state index in [1.54, 1.807) is 20.8 Å². The summed E-state index contributed by atoms with van der Waals surface area (Å²) in [6.45, 7) is 9.59. The van der Waals surface area contributed by atoms with Crippen molar-refractivity contribution in [2.24, 2.45) is 0 Å². The molecule has 0 saturated heterocycles. The molecule has 0 aliphatic heterocycles. The molecule has 0 fully saturated rings. The van der Waals surface area contributed by atoms with Gasteiger partial charge in [-0.15, -0.1) is 0 Å². The van der Waals surface area contributed by atoms with Crippen molar-refractivity contribution in [1.29, 1.82) is 0 Å². The van der Waals surface area contributed by atoms with E-state index in [2.05, 4.69) is 26.6 Å². The molecule has 0 bridgehead atoms. The molecular formula is C16H23BrN2O3. The van der Waals surface area contributed by atoms with Gasteiger partial charge in [-0.1, -0.05) is 0 Å². The topological polar surface area (TPSA) is 67.4 Å². The Morgan fingerprint density at radius 3 is 2.36 bits per heavy atom. The summed E-state index contributed by atoms with van der Waals surface area (Å²) in [5, 5.41) is 5.38. The molecule has 0 heterocycles. The van der Waals surface area contributed by atoms with Gasteiger partial charge < -0.3 is 15.4 Å². The lowest BCUT2D eigenvalue weighted by Gasteiger charge is -2.19. The number of carbonyl (C=O) groups excluding carboxylic acids is 2. The van der Waals surface area contributed by atoms with Crippen LogP contribution in [0.2, 0.25) is 0 Å². The van der Waals surface area contributed by atoms with E-state index >= 15 is 0 Å². The molecule has 0 aliphatic rings. The molecule has 22 heavy (non-hydrogen) atoms. The van der Waals surface area contributed by atoms with Gasteiger partial charge in [0.25, 0.3) is 0 Å². The van der Waals surface area contributed by atoms with Crippen LogP contribution in [-0.2, 0) is 9.53 Å². The van der Waals surface area contributed by atoms with Crippen LogP contribution in [0.15, 0.2) is 16.6 Å². The smallest absolute Gasteiger partial charge is 0.407 e. The van der Waals surface area contributed by atoms with Crippen LogP contribution in [0.1, 0.15) is 38.3 Å². The molecule has 0 aromatic heterocycles.